The minimum absolute atomic E-state index is 0.00203. The highest BCUT2D eigenvalue weighted by atomic mass is 32.1. The van der Waals surface area contributed by atoms with Gasteiger partial charge in [-0.25, -0.2) is 4.98 Å². The van der Waals surface area contributed by atoms with Crippen molar-refractivity contribution in [3.05, 3.63) is 53.3 Å². The molecule has 1 atom stereocenters. The standard InChI is InChI=1S/C22H26N4O3S/c1-29-18-4-2-3-16(13-18)14-22(9-6-20(28)25-22)8-5-19(27)23-10-7-17-15-26-11-12-30-21(26)24-17/h2-4,11-13,15H,5-10,14H2,1H3,(H,23,27)(H,25,28)/t22-/m0/s1. The van der Waals surface area contributed by atoms with Gasteiger partial charge in [-0.05, 0) is 37.0 Å². The number of benzene rings is 1. The number of carbonyl (C=O) groups excluding carboxylic acids is 2. The van der Waals surface area contributed by atoms with E-state index in [1.54, 1.807) is 18.4 Å². The summed E-state index contributed by atoms with van der Waals surface area (Å²) in [7, 11) is 1.64. The molecule has 7 nitrogen and oxygen atoms in total. The van der Waals surface area contributed by atoms with Gasteiger partial charge in [0.15, 0.2) is 4.96 Å². The fourth-order valence-electron chi connectivity index (χ4n) is 4.02. The largest absolute Gasteiger partial charge is 0.497 e. The van der Waals surface area contributed by atoms with Crippen molar-refractivity contribution in [1.82, 2.24) is 20.0 Å². The zero-order valence-corrected chi connectivity index (χ0v) is 17.8. The lowest BCUT2D eigenvalue weighted by molar-refractivity contribution is -0.122. The summed E-state index contributed by atoms with van der Waals surface area (Å²) in [6.07, 6.45) is 7.59. The molecule has 0 bridgehead atoms. The Bertz CT molecular complexity index is 1020. The number of hydrogen-bond acceptors (Lipinski definition) is 5. The van der Waals surface area contributed by atoms with Gasteiger partial charge in [-0.15, -0.1) is 11.3 Å². The van der Waals surface area contributed by atoms with E-state index in [0.29, 0.717) is 38.6 Å². The second kappa shape index (κ2) is 8.87. The lowest BCUT2D eigenvalue weighted by Gasteiger charge is -2.29. The number of imidazole rings is 1. The van der Waals surface area contributed by atoms with Gasteiger partial charge in [0.2, 0.25) is 11.8 Å². The molecule has 1 saturated heterocycles. The van der Waals surface area contributed by atoms with E-state index in [9.17, 15) is 9.59 Å². The van der Waals surface area contributed by atoms with Gasteiger partial charge < -0.3 is 15.4 Å². The van der Waals surface area contributed by atoms with Gasteiger partial charge in [0.05, 0.1) is 12.8 Å². The van der Waals surface area contributed by atoms with Crippen LogP contribution in [0.3, 0.4) is 0 Å². The van der Waals surface area contributed by atoms with E-state index in [1.807, 2.05) is 46.4 Å². The third-order valence-corrected chi connectivity index (χ3v) is 6.36. The van der Waals surface area contributed by atoms with Crippen molar-refractivity contribution in [2.75, 3.05) is 13.7 Å². The van der Waals surface area contributed by atoms with Crippen LogP contribution >= 0.6 is 11.3 Å². The van der Waals surface area contributed by atoms with Crippen molar-refractivity contribution in [3.63, 3.8) is 0 Å². The van der Waals surface area contributed by atoms with Crippen LogP contribution < -0.4 is 15.4 Å². The number of methoxy groups -OCH3 is 1. The maximum atomic E-state index is 12.4. The maximum absolute atomic E-state index is 12.4. The third-order valence-electron chi connectivity index (χ3n) is 5.59. The average Bonchev–Trinajstić information content (AvgIpc) is 3.42. The smallest absolute Gasteiger partial charge is 0.220 e. The molecule has 0 aliphatic carbocycles. The number of nitrogens with one attached hydrogen (secondary N) is 2. The molecule has 0 saturated carbocycles. The number of rotatable bonds is 9. The van der Waals surface area contributed by atoms with Crippen LogP contribution in [0.15, 0.2) is 42.0 Å². The number of thiazole rings is 1. The summed E-state index contributed by atoms with van der Waals surface area (Å²) in [5.41, 5.74) is 1.69. The maximum Gasteiger partial charge on any atom is 0.220 e. The lowest BCUT2D eigenvalue weighted by Crippen LogP contribution is -2.44. The van der Waals surface area contributed by atoms with Crippen LogP contribution in [-0.2, 0) is 22.4 Å². The van der Waals surface area contributed by atoms with E-state index in [0.717, 1.165) is 28.4 Å². The molecule has 2 aromatic heterocycles. The number of ether oxygens (including phenoxy) is 1. The fourth-order valence-corrected chi connectivity index (χ4v) is 4.74. The number of carbonyl (C=O) groups is 2. The molecule has 30 heavy (non-hydrogen) atoms. The monoisotopic (exact) mass is 426 g/mol. The molecule has 158 valence electrons. The van der Waals surface area contributed by atoms with E-state index in [2.05, 4.69) is 15.6 Å². The average molecular weight is 427 g/mol. The molecule has 4 rings (SSSR count). The zero-order valence-electron chi connectivity index (χ0n) is 17.0. The lowest BCUT2D eigenvalue weighted by atomic mass is 9.85. The first-order chi connectivity index (χ1) is 14.5. The highest BCUT2D eigenvalue weighted by Crippen LogP contribution is 2.30. The second-order valence-corrected chi connectivity index (χ2v) is 8.65. The van der Waals surface area contributed by atoms with Crippen molar-refractivity contribution >= 4 is 28.1 Å². The van der Waals surface area contributed by atoms with Gasteiger partial charge in [-0.1, -0.05) is 12.1 Å². The van der Waals surface area contributed by atoms with Gasteiger partial charge in [0, 0.05) is 49.1 Å². The Kier molecular flexibility index (Phi) is 6.03. The summed E-state index contributed by atoms with van der Waals surface area (Å²) >= 11 is 1.59. The predicted molar refractivity (Wildman–Crippen MR) is 116 cm³/mol. The van der Waals surface area contributed by atoms with Gasteiger partial charge in [-0.2, -0.15) is 0 Å². The first kappa shape index (κ1) is 20.4. The van der Waals surface area contributed by atoms with E-state index in [-0.39, 0.29) is 17.4 Å². The Labute approximate surface area is 179 Å². The Morgan fingerprint density at radius 3 is 3.10 bits per heavy atom. The predicted octanol–water partition coefficient (Wildman–Crippen LogP) is 2.73. The molecular weight excluding hydrogens is 400 g/mol. The molecule has 2 amide bonds. The summed E-state index contributed by atoms with van der Waals surface area (Å²) in [4.78, 5) is 29.9. The number of fused-ring (bicyclic) bond motifs is 1. The van der Waals surface area contributed by atoms with Crippen LogP contribution in [0, 0.1) is 0 Å². The van der Waals surface area contributed by atoms with Gasteiger partial charge in [0.1, 0.15) is 5.75 Å². The normalized spacial score (nSPS) is 18.5. The molecule has 1 fully saturated rings. The molecular formula is C22H26N4O3S. The Morgan fingerprint density at radius 1 is 1.43 bits per heavy atom. The van der Waals surface area contributed by atoms with Crippen LogP contribution in [0.2, 0.25) is 0 Å². The molecule has 3 aromatic rings. The number of hydrogen-bond donors (Lipinski definition) is 2. The first-order valence-corrected chi connectivity index (χ1v) is 11.0. The zero-order chi connectivity index (χ0) is 21.0. The molecule has 1 aliphatic rings. The summed E-state index contributed by atoms with van der Waals surface area (Å²) in [5, 5.41) is 8.11. The number of nitrogens with zero attached hydrogens (tertiary/aromatic N) is 2. The minimum atomic E-state index is -0.380. The minimum Gasteiger partial charge on any atom is -0.497 e. The van der Waals surface area contributed by atoms with Gasteiger partial charge in [-0.3, -0.25) is 14.0 Å². The van der Waals surface area contributed by atoms with E-state index < -0.39 is 0 Å². The second-order valence-electron chi connectivity index (χ2n) is 7.78. The Hall–Kier alpha value is -2.87. The van der Waals surface area contributed by atoms with E-state index >= 15 is 0 Å². The van der Waals surface area contributed by atoms with E-state index in [4.69, 9.17) is 4.74 Å². The summed E-state index contributed by atoms with van der Waals surface area (Å²) < 4.78 is 7.30. The van der Waals surface area contributed by atoms with Crippen LogP contribution in [0.4, 0.5) is 0 Å². The van der Waals surface area contributed by atoms with Crippen molar-refractivity contribution in [2.45, 2.75) is 44.1 Å². The highest BCUT2D eigenvalue weighted by Gasteiger charge is 2.37. The SMILES string of the molecule is COc1cccc(C[C@]2(CCC(=O)NCCc3cn4ccsc4n3)CCC(=O)N2)c1. The van der Waals surface area contributed by atoms with Crippen molar-refractivity contribution in [2.24, 2.45) is 0 Å². The van der Waals surface area contributed by atoms with Crippen molar-refractivity contribution < 1.29 is 14.3 Å². The number of aromatic nitrogens is 2. The highest BCUT2D eigenvalue weighted by molar-refractivity contribution is 7.15. The molecule has 1 aromatic carbocycles. The molecule has 0 unspecified atom stereocenters. The van der Waals surface area contributed by atoms with Crippen LogP contribution in [0.1, 0.15) is 36.9 Å². The third kappa shape index (κ3) is 4.81. The number of amides is 2. The van der Waals surface area contributed by atoms with Gasteiger partial charge >= 0.3 is 0 Å². The van der Waals surface area contributed by atoms with Crippen LogP contribution in [0.5, 0.6) is 5.75 Å². The molecule has 0 spiro atoms. The Morgan fingerprint density at radius 2 is 2.33 bits per heavy atom. The summed E-state index contributed by atoms with van der Waals surface area (Å²) in [6.45, 7) is 0.554. The molecule has 0 radical (unpaired) electrons. The Balaban J connectivity index is 1.30. The van der Waals surface area contributed by atoms with Crippen LogP contribution in [-0.4, -0.2) is 40.4 Å². The van der Waals surface area contributed by atoms with E-state index in [1.165, 1.54) is 0 Å². The molecule has 3 heterocycles. The van der Waals surface area contributed by atoms with Gasteiger partial charge in [0.25, 0.3) is 0 Å². The summed E-state index contributed by atoms with van der Waals surface area (Å²) in [6, 6.07) is 7.87. The van der Waals surface area contributed by atoms with Crippen molar-refractivity contribution in [3.8, 4) is 5.75 Å². The quantitative estimate of drug-likeness (QED) is 0.551. The topological polar surface area (TPSA) is 84.7 Å². The first-order valence-electron chi connectivity index (χ1n) is 10.2. The summed E-state index contributed by atoms with van der Waals surface area (Å²) in [5.74, 6) is 0.851. The molecule has 2 N–H and O–H groups in total. The molecule has 8 heteroatoms. The van der Waals surface area contributed by atoms with Crippen molar-refractivity contribution in [1.29, 1.82) is 0 Å². The fraction of sp³-hybridized carbons (Fsp3) is 0.409. The van der Waals surface area contributed by atoms with Crippen LogP contribution in [0.25, 0.3) is 4.96 Å². The molecule has 1 aliphatic heterocycles.